The molecule has 0 radical (unpaired) electrons. The van der Waals surface area contributed by atoms with Crippen molar-refractivity contribution >= 4 is 15.5 Å². The molecule has 1 saturated heterocycles. The summed E-state index contributed by atoms with van der Waals surface area (Å²) >= 11 is 0. The first-order valence-electron chi connectivity index (χ1n) is 6.68. The Bertz CT molecular complexity index is 525. The number of aryl methyl sites for hydroxylation is 1. The first kappa shape index (κ1) is 14.3. The summed E-state index contributed by atoms with van der Waals surface area (Å²) in [6, 6.07) is 7.90. The van der Waals surface area contributed by atoms with Crippen LogP contribution in [-0.2, 0) is 16.3 Å². The molecule has 1 heterocycles. The van der Waals surface area contributed by atoms with Gasteiger partial charge in [-0.1, -0.05) is 12.1 Å². The molecule has 1 aromatic rings. The molecule has 0 spiro atoms. The molecule has 4 nitrogen and oxygen atoms in total. The molecule has 3 N–H and O–H groups in total. The van der Waals surface area contributed by atoms with E-state index in [0.29, 0.717) is 5.75 Å². The number of nitrogens with one attached hydrogen (secondary N) is 1. The highest BCUT2D eigenvalue weighted by Crippen LogP contribution is 2.22. The third-order valence-corrected chi connectivity index (χ3v) is 5.58. The van der Waals surface area contributed by atoms with E-state index in [0.717, 1.165) is 31.5 Å². The lowest BCUT2D eigenvalue weighted by Crippen LogP contribution is -2.43. The van der Waals surface area contributed by atoms with Crippen molar-refractivity contribution in [3.63, 3.8) is 0 Å². The average Bonchev–Trinajstić information content (AvgIpc) is 2.62. The number of nitrogens with two attached hydrogens (primary N) is 1. The van der Waals surface area contributed by atoms with Crippen molar-refractivity contribution in [1.82, 2.24) is 5.32 Å². The number of sulfone groups is 1. The Labute approximate surface area is 115 Å². The minimum Gasteiger partial charge on any atom is -0.399 e. The molecular formula is C14H22N2O2S. The first-order chi connectivity index (χ1) is 8.89. The number of anilines is 1. The second-order valence-electron chi connectivity index (χ2n) is 5.67. The van der Waals surface area contributed by atoms with Crippen LogP contribution >= 0.6 is 0 Å². The van der Waals surface area contributed by atoms with E-state index in [1.165, 1.54) is 5.56 Å². The summed E-state index contributed by atoms with van der Waals surface area (Å²) in [5.74, 6) is 0.580. The number of hydrogen-bond acceptors (Lipinski definition) is 4. The van der Waals surface area contributed by atoms with Crippen molar-refractivity contribution < 1.29 is 8.42 Å². The Kier molecular flexibility index (Phi) is 4.16. The van der Waals surface area contributed by atoms with Gasteiger partial charge in [-0.05, 0) is 50.4 Å². The maximum absolute atomic E-state index is 11.5. The zero-order chi connectivity index (χ0) is 13.9. The molecule has 0 saturated carbocycles. The van der Waals surface area contributed by atoms with Gasteiger partial charge >= 0.3 is 0 Å². The minimum absolute atomic E-state index is 0.236. The van der Waals surface area contributed by atoms with E-state index in [1.54, 1.807) is 0 Å². The summed E-state index contributed by atoms with van der Waals surface area (Å²) in [5.41, 5.74) is 7.45. The second kappa shape index (κ2) is 5.51. The molecule has 1 aliphatic heterocycles. The van der Waals surface area contributed by atoms with E-state index in [9.17, 15) is 8.42 Å². The maximum Gasteiger partial charge on any atom is 0.152 e. The van der Waals surface area contributed by atoms with Crippen LogP contribution in [0.5, 0.6) is 0 Å². The summed E-state index contributed by atoms with van der Waals surface area (Å²) in [7, 11) is -2.82. The number of benzene rings is 1. The fourth-order valence-electron chi connectivity index (χ4n) is 2.52. The summed E-state index contributed by atoms with van der Waals surface area (Å²) in [6.07, 6.45) is 2.70. The van der Waals surface area contributed by atoms with Crippen LogP contribution in [0.1, 0.15) is 25.3 Å². The lowest BCUT2D eigenvalue weighted by Gasteiger charge is -2.23. The largest absolute Gasteiger partial charge is 0.399 e. The summed E-state index contributed by atoms with van der Waals surface area (Å²) in [5, 5.41) is 3.39. The highest BCUT2D eigenvalue weighted by Gasteiger charge is 2.37. The highest BCUT2D eigenvalue weighted by atomic mass is 32.2. The van der Waals surface area contributed by atoms with Gasteiger partial charge in [-0.3, -0.25) is 0 Å². The first-order valence-corrected chi connectivity index (χ1v) is 8.51. The molecule has 2 rings (SSSR count). The molecule has 0 aromatic heterocycles. The van der Waals surface area contributed by atoms with E-state index in [1.807, 2.05) is 31.2 Å². The van der Waals surface area contributed by atoms with Crippen molar-refractivity contribution in [3.05, 3.63) is 29.8 Å². The van der Waals surface area contributed by atoms with Crippen molar-refractivity contribution in [2.45, 2.75) is 31.7 Å². The predicted molar refractivity (Wildman–Crippen MR) is 78.9 cm³/mol. The van der Waals surface area contributed by atoms with Crippen LogP contribution in [0.2, 0.25) is 0 Å². The minimum atomic E-state index is -2.82. The van der Waals surface area contributed by atoms with Gasteiger partial charge in [0.15, 0.2) is 9.84 Å². The number of hydrogen-bond donors (Lipinski definition) is 2. The Hall–Kier alpha value is -1.07. The molecule has 1 aliphatic rings. The van der Waals surface area contributed by atoms with Gasteiger partial charge in [0.25, 0.3) is 0 Å². The SMILES string of the molecule is CC1(NCCCc2ccc(N)cc2)CCS(=O)(=O)C1. The summed E-state index contributed by atoms with van der Waals surface area (Å²) < 4.78 is 23.0. The van der Waals surface area contributed by atoms with E-state index in [4.69, 9.17) is 5.73 Å². The van der Waals surface area contributed by atoms with E-state index >= 15 is 0 Å². The number of nitrogen functional groups attached to an aromatic ring is 1. The van der Waals surface area contributed by atoms with Crippen LogP contribution < -0.4 is 11.1 Å². The van der Waals surface area contributed by atoms with Crippen LogP contribution in [0, 0.1) is 0 Å². The fourth-order valence-corrected chi connectivity index (χ4v) is 4.64. The van der Waals surface area contributed by atoms with Gasteiger partial charge in [-0.25, -0.2) is 8.42 Å². The van der Waals surface area contributed by atoms with Gasteiger partial charge < -0.3 is 11.1 Å². The van der Waals surface area contributed by atoms with E-state index < -0.39 is 9.84 Å². The molecule has 0 amide bonds. The van der Waals surface area contributed by atoms with Crippen molar-refractivity contribution in [2.75, 3.05) is 23.8 Å². The van der Waals surface area contributed by atoms with Crippen LogP contribution in [0.25, 0.3) is 0 Å². The Balaban J connectivity index is 1.74. The molecule has 0 aliphatic carbocycles. The van der Waals surface area contributed by atoms with Gasteiger partial charge in [0.2, 0.25) is 0 Å². The molecule has 19 heavy (non-hydrogen) atoms. The molecule has 0 bridgehead atoms. The molecule has 106 valence electrons. The van der Waals surface area contributed by atoms with Gasteiger partial charge in [-0.15, -0.1) is 0 Å². The molecular weight excluding hydrogens is 260 g/mol. The van der Waals surface area contributed by atoms with Crippen molar-refractivity contribution in [2.24, 2.45) is 0 Å². The van der Waals surface area contributed by atoms with Gasteiger partial charge in [0.1, 0.15) is 0 Å². The molecule has 1 unspecified atom stereocenters. The normalized spacial score (nSPS) is 25.5. The number of rotatable bonds is 5. The quantitative estimate of drug-likeness (QED) is 0.632. The lowest BCUT2D eigenvalue weighted by molar-refractivity contribution is 0.395. The molecule has 5 heteroatoms. The highest BCUT2D eigenvalue weighted by molar-refractivity contribution is 7.91. The molecule has 1 aromatic carbocycles. The van der Waals surface area contributed by atoms with Crippen LogP contribution in [0.4, 0.5) is 5.69 Å². The topological polar surface area (TPSA) is 72.2 Å². The standard InChI is InChI=1S/C14H22N2O2S/c1-14(8-10-19(17,18)11-14)16-9-2-3-12-4-6-13(15)7-5-12/h4-7,16H,2-3,8-11,15H2,1H3. The predicted octanol–water partition coefficient (Wildman–Crippen LogP) is 1.37. The Morgan fingerprint density at radius 2 is 2.00 bits per heavy atom. The van der Waals surface area contributed by atoms with Crippen LogP contribution in [-0.4, -0.2) is 32.0 Å². The van der Waals surface area contributed by atoms with Gasteiger partial charge in [0.05, 0.1) is 11.5 Å². The summed E-state index contributed by atoms with van der Waals surface area (Å²) in [4.78, 5) is 0. The molecule has 1 atom stereocenters. The van der Waals surface area contributed by atoms with Crippen molar-refractivity contribution in [3.8, 4) is 0 Å². The van der Waals surface area contributed by atoms with E-state index in [2.05, 4.69) is 5.32 Å². The van der Waals surface area contributed by atoms with Crippen molar-refractivity contribution in [1.29, 1.82) is 0 Å². The third kappa shape index (κ3) is 4.21. The van der Waals surface area contributed by atoms with Crippen LogP contribution in [0.3, 0.4) is 0 Å². The van der Waals surface area contributed by atoms with Crippen LogP contribution in [0.15, 0.2) is 24.3 Å². The zero-order valence-electron chi connectivity index (χ0n) is 11.4. The monoisotopic (exact) mass is 282 g/mol. The smallest absolute Gasteiger partial charge is 0.152 e. The van der Waals surface area contributed by atoms with E-state index in [-0.39, 0.29) is 11.3 Å². The lowest BCUT2D eigenvalue weighted by atomic mass is 10.0. The second-order valence-corrected chi connectivity index (χ2v) is 7.86. The maximum atomic E-state index is 11.5. The third-order valence-electron chi connectivity index (χ3n) is 3.68. The average molecular weight is 282 g/mol. The van der Waals surface area contributed by atoms with Gasteiger partial charge in [-0.2, -0.15) is 0 Å². The molecule has 1 fully saturated rings. The fraction of sp³-hybridized carbons (Fsp3) is 0.571. The summed E-state index contributed by atoms with van der Waals surface area (Å²) in [6.45, 7) is 2.84. The van der Waals surface area contributed by atoms with Gasteiger partial charge in [0, 0.05) is 11.2 Å². The Morgan fingerprint density at radius 1 is 1.32 bits per heavy atom. The Morgan fingerprint density at radius 3 is 2.58 bits per heavy atom. The zero-order valence-corrected chi connectivity index (χ0v) is 12.2.